The zero-order valence-electron chi connectivity index (χ0n) is 28.1. The van der Waals surface area contributed by atoms with Gasteiger partial charge in [-0.25, -0.2) is 0 Å². The van der Waals surface area contributed by atoms with Gasteiger partial charge in [-0.15, -0.1) is 0 Å². The van der Waals surface area contributed by atoms with Crippen LogP contribution in [-0.2, 0) is 5.41 Å². The Morgan fingerprint density at radius 2 is 0.776 bits per heavy atom. The van der Waals surface area contributed by atoms with E-state index < -0.39 is 0 Å². The van der Waals surface area contributed by atoms with Crippen molar-refractivity contribution in [2.45, 2.75) is 19.3 Å². The normalized spacial score (nSPS) is 12.9. The van der Waals surface area contributed by atoms with Gasteiger partial charge in [-0.3, -0.25) is 0 Å². The Kier molecular flexibility index (Phi) is 8.70. The molecule has 6 aromatic carbocycles. The second-order valence-electron chi connectivity index (χ2n) is 12.8. The Labute approximate surface area is 290 Å². The quantitative estimate of drug-likeness (QED) is 0.139. The second-order valence-corrected chi connectivity index (χ2v) is 12.8. The summed E-state index contributed by atoms with van der Waals surface area (Å²) in [5.41, 5.74) is 14.1. The van der Waals surface area contributed by atoms with Gasteiger partial charge >= 0.3 is 0 Å². The van der Waals surface area contributed by atoms with Crippen molar-refractivity contribution in [1.29, 1.82) is 0 Å². The fourth-order valence-electron chi connectivity index (χ4n) is 6.87. The molecule has 0 saturated carbocycles. The molecular formula is C47H40N2. The Balaban J connectivity index is 1.29. The van der Waals surface area contributed by atoms with Crippen molar-refractivity contribution in [3.8, 4) is 11.1 Å². The smallest absolute Gasteiger partial charge is 0.0465 e. The van der Waals surface area contributed by atoms with E-state index in [1.54, 1.807) is 12.2 Å². The minimum Gasteiger partial charge on any atom is -0.310 e. The highest BCUT2D eigenvalue weighted by Crippen LogP contribution is 2.52. The zero-order chi connectivity index (χ0) is 33.8. The molecule has 0 N–H and O–H groups in total. The van der Waals surface area contributed by atoms with E-state index in [1.807, 2.05) is 12.2 Å². The molecule has 49 heavy (non-hydrogen) atoms. The molecule has 2 nitrogen and oxygen atoms in total. The highest BCUT2D eigenvalue weighted by Gasteiger charge is 2.36. The number of para-hydroxylation sites is 2. The van der Waals surface area contributed by atoms with Gasteiger partial charge in [0.15, 0.2) is 0 Å². The largest absolute Gasteiger partial charge is 0.310 e. The molecule has 0 amide bonds. The van der Waals surface area contributed by atoms with Crippen molar-refractivity contribution in [2.75, 3.05) is 9.80 Å². The molecule has 1 aliphatic rings. The highest BCUT2D eigenvalue weighted by molar-refractivity contribution is 5.88. The lowest BCUT2D eigenvalue weighted by atomic mass is 9.82. The highest BCUT2D eigenvalue weighted by atomic mass is 15.1. The molecular weight excluding hydrogens is 593 g/mol. The summed E-state index contributed by atoms with van der Waals surface area (Å²) in [6.45, 7) is 12.3. The number of hydrogen-bond donors (Lipinski definition) is 0. The van der Waals surface area contributed by atoms with E-state index in [0.717, 1.165) is 45.3 Å². The topological polar surface area (TPSA) is 6.48 Å². The number of fused-ring (bicyclic) bond motifs is 3. The molecule has 2 heteroatoms. The monoisotopic (exact) mass is 632 g/mol. The summed E-state index contributed by atoms with van der Waals surface area (Å²) >= 11 is 0. The molecule has 238 valence electrons. The van der Waals surface area contributed by atoms with E-state index >= 15 is 0 Å². The first-order valence-electron chi connectivity index (χ1n) is 16.8. The summed E-state index contributed by atoms with van der Waals surface area (Å²) in [7, 11) is 0. The molecule has 1 aliphatic carbocycles. The van der Waals surface area contributed by atoms with Gasteiger partial charge in [-0.05, 0) is 106 Å². The predicted molar refractivity (Wildman–Crippen MR) is 212 cm³/mol. The number of rotatable bonds is 10. The van der Waals surface area contributed by atoms with Crippen LogP contribution in [0.1, 0.15) is 36.1 Å². The van der Waals surface area contributed by atoms with Crippen LogP contribution < -0.4 is 9.80 Å². The number of benzene rings is 6. The Bertz CT molecular complexity index is 2000. The standard InChI is InChI=1S/C47H40N2/c1-5-7-15-35-21-25-39(26-22-35)48(37-17-11-9-12-18-37)41-29-31-43-44-32-30-42(34-46(44)47(3,4)45(43)33-41)49(38-19-13-10-14-20-38)40-27-23-36(24-28-40)16-8-6-2/h5-34H,1-2H2,3-4H3/b15-7-,16-8-. The Morgan fingerprint density at radius 1 is 0.429 bits per heavy atom. The van der Waals surface area contributed by atoms with E-state index in [1.165, 1.54) is 22.3 Å². The first-order valence-corrected chi connectivity index (χ1v) is 16.8. The molecule has 0 heterocycles. The van der Waals surface area contributed by atoms with Gasteiger partial charge in [-0.2, -0.15) is 0 Å². The molecule has 0 bridgehead atoms. The van der Waals surface area contributed by atoms with Crippen LogP contribution in [0.2, 0.25) is 0 Å². The lowest BCUT2D eigenvalue weighted by Gasteiger charge is -2.29. The van der Waals surface area contributed by atoms with Crippen molar-refractivity contribution < 1.29 is 0 Å². The molecule has 0 atom stereocenters. The first kappa shape index (κ1) is 31.5. The van der Waals surface area contributed by atoms with Gasteiger partial charge in [0.05, 0.1) is 0 Å². The summed E-state index contributed by atoms with van der Waals surface area (Å²) in [6.07, 6.45) is 11.7. The fraction of sp³-hybridized carbons (Fsp3) is 0.0638. The summed E-state index contributed by atoms with van der Waals surface area (Å²) < 4.78 is 0. The number of hydrogen-bond acceptors (Lipinski definition) is 2. The van der Waals surface area contributed by atoms with Crippen LogP contribution >= 0.6 is 0 Å². The van der Waals surface area contributed by atoms with Crippen molar-refractivity contribution in [1.82, 2.24) is 0 Å². The maximum Gasteiger partial charge on any atom is 0.0465 e. The number of allylic oxidation sites excluding steroid dienone is 4. The van der Waals surface area contributed by atoms with Crippen molar-refractivity contribution in [3.05, 3.63) is 205 Å². The average molecular weight is 633 g/mol. The molecule has 0 saturated heterocycles. The fourth-order valence-corrected chi connectivity index (χ4v) is 6.87. The van der Waals surface area contributed by atoms with E-state index in [2.05, 4.69) is 195 Å². The summed E-state index contributed by atoms with van der Waals surface area (Å²) in [6, 6.07) is 52.5. The molecule has 6 aromatic rings. The third kappa shape index (κ3) is 6.17. The van der Waals surface area contributed by atoms with Crippen molar-refractivity contribution in [2.24, 2.45) is 0 Å². The Morgan fingerprint density at radius 3 is 1.14 bits per heavy atom. The van der Waals surface area contributed by atoms with Gasteiger partial charge in [0.25, 0.3) is 0 Å². The maximum atomic E-state index is 3.81. The number of nitrogens with zero attached hydrogens (tertiary/aromatic N) is 2. The third-order valence-corrected chi connectivity index (χ3v) is 9.34. The molecule has 0 unspecified atom stereocenters. The van der Waals surface area contributed by atoms with Crippen LogP contribution in [0.15, 0.2) is 183 Å². The zero-order valence-corrected chi connectivity index (χ0v) is 28.1. The molecule has 7 rings (SSSR count). The van der Waals surface area contributed by atoms with Gasteiger partial charge < -0.3 is 9.80 Å². The van der Waals surface area contributed by atoms with E-state index in [9.17, 15) is 0 Å². The van der Waals surface area contributed by atoms with Crippen LogP contribution in [-0.4, -0.2) is 0 Å². The van der Waals surface area contributed by atoms with E-state index in [-0.39, 0.29) is 5.41 Å². The van der Waals surface area contributed by atoms with Gasteiger partial charge in [0.2, 0.25) is 0 Å². The van der Waals surface area contributed by atoms with Crippen molar-refractivity contribution in [3.63, 3.8) is 0 Å². The summed E-state index contributed by atoms with van der Waals surface area (Å²) in [5, 5.41) is 0. The van der Waals surface area contributed by atoms with Crippen molar-refractivity contribution >= 4 is 46.3 Å². The maximum absolute atomic E-state index is 3.81. The minimum atomic E-state index is -0.208. The second kappa shape index (κ2) is 13.5. The third-order valence-electron chi connectivity index (χ3n) is 9.34. The molecule has 0 spiro atoms. The van der Waals surface area contributed by atoms with Crippen LogP contribution in [0.3, 0.4) is 0 Å². The van der Waals surface area contributed by atoms with Crippen LogP contribution in [0.25, 0.3) is 23.3 Å². The van der Waals surface area contributed by atoms with Crippen LogP contribution in [0.4, 0.5) is 34.1 Å². The molecule has 0 aliphatic heterocycles. The lowest BCUT2D eigenvalue weighted by Crippen LogP contribution is -2.17. The summed E-state index contributed by atoms with van der Waals surface area (Å²) in [5.74, 6) is 0. The van der Waals surface area contributed by atoms with Crippen LogP contribution in [0, 0.1) is 0 Å². The van der Waals surface area contributed by atoms with Gasteiger partial charge in [0, 0.05) is 39.5 Å². The molecule has 0 fully saturated rings. The lowest BCUT2D eigenvalue weighted by molar-refractivity contribution is 0.660. The van der Waals surface area contributed by atoms with Gasteiger partial charge in [-0.1, -0.05) is 136 Å². The minimum absolute atomic E-state index is 0.208. The van der Waals surface area contributed by atoms with Gasteiger partial charge in [0.1, 0.15) is 0 Å². The number of anilines is 6. The van der Waals surface area contributed by atoms with Crippen LogP contribution in [0.5, 0.6) is 0 Å². The summed E-state index contributed by atoms with van der Waals surface area (Å²) in [4.78, 5) is 4.69. The SMILES string of the molecule is C=C/C=C\c1ccc(N(c2ccccc2)c2ccc3c(c2)C(C)(C)c2cc(N(c4ccccc4)c4ccc(/C=C\C=C)cc4)ccc2-3)cc1. The molecule has 0 radical (unpaired) electrons. The Hall–Kier alpha value is -6.12. The predicted octanol–water partition coefficient (Wildman–Crippen LogP) is 13.3. The first-order chi connectivity index (χ1) is 24.0. The van der Waals surface area contributed by atoms with E-state index in [4.69, 9.17) is 0 Å². The molecule has 0 aromatic heterocycles. The van der Waals surface area contributed by atoms with E-state index in [0.29, 0.717) is 0 Å². The average Bonchev–Trinajstić information content (AvgIpc) is 3.37.